The van der Waals surface area contributed by atoms with Crippen LogP contribution in [0.25, 0.3) is 0 Å². The van der Waals surface area contributed by atoms with Crippen molar-refractivity contribution in [2.75, 3.05) is 7.11 Å². The molecule has 2 aromatic rings. The van der Waals surface area contributed by atoms with Crippen LogP contribution >= 0.6 is 0 Å². The number of ether oxygens (including phenoxy) is 1. The Balaban J connectivity index is 2.06. The van der Waals surface area contributed by atoms with Gasteiger partial charge in [-0.2, -0.15) is 0 Å². The van der Waals surface area contributed by atoms with Crippen LogP contribution in [0.4, 0.5) is 0 Å². The molecule has 86 valence electrons. The Morgan fingerprint density at radius 1 is 0.941 bits per heavy atom. The van der Waals surface area contributed by atoms with Gasteiger partial charge < -0.3 is 4.74 Å². The van der Waals surface area contributed by atoms with Gasteiger partial charge in [-0.05, 0) is 23.2 Å². The summed E-state index contributed by atoms with van der Waals surface area (Å²) in [6.07, 6.45) is 0. The quantitative estimate of drug-likeness (QED) is 0.747. The van der Waals surface area contributed by atoms with Gasteiger partial charge in [0.25, 0.3) is 0 Å². The Labute approximate surface area is 105 Å². The zero-order chi connectivity index (χ0) is 12.1. The van der Waals surface area contributed by atoms with Crippen molar-refractivity contribution in [2.24, 2.45) is 0 Å². The van der Waals surface area contributed by atoms with Gasteiger partial charge in [-0.3, -0.25) is 0 Å². The highest BCUT2D eigenvalue weighted by molar-refractivity contribution is 6.54. The maximum absolute atomic E-state index is 5.17. The maximum Gasteiger partial charge on any atom is 0.118 e. The SMILES string of the molecule is COc1ccc([C@H](C)[Si]c2ccccc2)cc1. The fraction of sp³-hybridized carbons (Fsp3) is 0.200. The lowest BCUT2D eigenvalue weighted by Gasteiger charge is -2.11. The first-order valence-corrected chi connectivity index (χ1v) is 6.83. The lowest BCUT2D eigenvalue weighted by molar-refractivity contribution is 0.414. The summed E-state index contributed by atoms with van der Waals surface area (Å²) in [4.78, 5) is 0. The van der Waals surface area contributed by atoms with E-state index in [1.165, 1.54) is 10.8 Å². The summed E-state index contributed by atoms with van der Waals surface area (Å²) in [5, 5.41) is 1.41. The molecule has 0 bridgehead atoms. The van der Waals surface area contributed by atoms with E-state index in [9.17, 15) is 0 Å². The summed E-state index contributed by atoms with van der Waals surface area (Å²) in [6.45, 7) is 2.27. The molecule has 0 aromatic heterocycles. The number of hydrogen-bond donors (Lipinski definition) is 0. The molecule has 0 spiro atoms. The van der Waals surface area contributed by atoms with E-state index >= 15 is 0 Å². The van der Waals surface area contributed by atoms with E-state index in [-0.39, 0.29) is 0 Å². The number of hydrogen-bond acceptors (Lipinski definition) is 1. The molecule has 2 aromatic carbocycles. The van der Waals surface area contributed by atoms with Crippen molar-refractivity contribution in [1.29, 1.82) is 0 Å². The smallest absolute Gasteiger partial charge is 0.118 e. The molecular formula is C15H16OSi. The molecule has 0 aliphatic heterocycles. The van der Waals surface area contributed by atoms with Crippen molar-refractivity contribution in [3.05, 3.63) is 60.2 Å². The van der Waals surface area contributed by atoms with Crippen molar-refractivity contribution in [2.45, 2.75) is 12.5 Å². The summed E-state index contributed by atoms with van der Waals surface area (Å²) < 4.78 is 5.17. The molecule has 0 aliphatic carbocycles. The first kappa shape index (κ1) is 11.9. The molecule has 0 fully saturated rings. The van der Waals surface area contributed by atoms with Crippen LogP contribution in [0, 0.1) is 0 Å². The second-order valence-corrected chi connectivity index (χ2v) is 5.74. The van der Waals surface area contributed by atoms with E-state index in [1.54, 1.807) is 7.11 Å². The van der Waals surface area contributed by atoms with E-state index in [2.05, 4.69) is 49.4 Å². The average molecular weight is 240 g/mol. The molecule has 17 heavy (non-hydrogen) atoms. The van der Waals surface area contributed by atoms with Crippen molar-refractivity contribution in [1.82, 2.24) is 0 Å². The van der Waals surface area contributed by atoms with Gasteiger partial charge in [0.1, 0.15) is 5.75 Å². The van der Waals surface area contributed by atoms with Gasteiger partial charge >= 0.3 is 0 Å². The fourth-order valence-corrected chi connectivity index (χ4v) is 3.00. The van der Waals surface area contributed by atoms with E-state index in [4.69, 9.17) is 4.74 Å². The van der Waals surface area contributed by atoms with Crippen molar-refractivity contribution in [3.8, 4) is 5.75 Å². The molecule has 0 aliphatic rings. The van der Waals surface area contributed by atoms with Gasteiger partial charge in [-0.15, -0.1) is 0 Å². The topological polar surface area (TPSA) is 9.23 Å². The predicted octanol–water partition coefficient (Wildman–Crippen LogP) is 2.79. The van der Waals surface area contributed by atoms with Gasteiger partial charge in [0.05, 0.1) is 16.6 Å². The molecule has 0 saturated heterocycles. The summed E-state index contributed by atoms with van der Waals surface area (Å²) >= 11 is 0. The Morgan fingerprint density at radius 2 is 1.59 bits per heavy atom. The monoisotopic (exact) mass is 240 g/mol. The molecule has 2 radical (unpaired) electrons. The molecule has 0 amide bonds. The van der Waals surface area contributed by atoms with Crippen molar-refractivity contribution in [3.63, 3.8) is 0 Å². The van der Waals surface area contributed by atoms with Gasteiger partial charge in [0.2, 0.25) is 0 Å². The van der Waals surface area contributed by atoms with E-state index < -0.39 is 0 Å². The number of benzene rings is 2. The third kappa shape index (κ3) is 3.20. The largest absolute Gasteiger partial charge is 0.497 e. The number of rotatable bonds is 4. The zero-order valence-corrected chi connectivity index (χ0v) is 11.2. The molecular weight excluding hydrogens is 224 g/mol. The van der Waals surface area contributed by atoms with Crippen LogP contribution in [-0.2, 0) is 0 Å². The molecule has 2 rings (SSSR count). The van der Waals surface area contributed by atoms with Gasteiger partial charge in [-0.1, -0.05) is 54.6 Å². The van der Waals surface area contributed by atoms with E-state index in [1.807, 2.05) is 12.1 Å². The van der Waals surface area contributed by atoms with Crippen LogP contribution in [0.15, 0.2) is 54.6 Å². The molecule has 2 heteroatoms. The summed E-state index contributed by atoms with van der Waals surface area (Å²) in [7, 11) is 2.51. The standard InChI is InChI=1S/C15H16OSi/c1-12(17-15-6-4-3-5-7-15)13-8-10-14(16-2)11-9-13/h3-12H,1-2H3/t12-/m0/s1. The van der Waals surface area contributed by atoms with Crippen molar-refractivity contribution < 1.29 is 4.74 Å². The minimum Gasteiger partial charge on any atom is -0.497 e. The van der Waals surface area contributed by atoms with Crippen LogP contribution < -0.4 is 9.92 Å². The minimum absolute atomic E-state index is 0.559. The fourth-order valence-electron chi connectivity index (χ4n) is 1.76. The summed E-state index contributed by atoms with van der Waals surface area (Å²) in [6, 6.07) is 19.0. The molecule has 0 unspecified atom stereocenters. The molecule has 1 nitrogen and oxygen atoms in total. The molecule has 1 atom stereocenters. The average Bonchev–Trinajstić information content (AvgIpc) is 2.40. The third-order valence-electron chi connectivity index (χ3n) is 2.77. The first-order valence-electron chi connectivity index (χ1n) is 5.75. The van der Waals surface area contributed by atoms with Crippen molar-refractivity contribution >= 4 is 14.7 Å². The van der Waals surface area contributed by atoms with Crippen LogP contribution in [0.3, 0.4) is 0 Å². The highest BCUT2D eigenvalue weighted by Gasteiger charge is 2.07. The third-order valence-corrected chi connectivity index (χ3v) is 4.21. The summed E-state index contributed by atoms with van der Waals surface area (Å²) in [5.41, 5.74) is 1.93. The highest BCUT2D eigenvalue weighted by atomic mass is 28.2. The van der Waals surface area contributed by atoms with Crippen LogP contribution in [-0.4, -0.2) is 16.6 Å². The first-order chi connectivity index (χ1) is 8.29. The Morgan fingerprint density at radius 3 is 2.18 bits per heavy atom. The lowest BCUT2D eigenvalue weighted by atomic mass is 10.1. The molecule has 0 heterocycles. The number of methoxy groups -OCH3 is 1. The normalized spacial score (nSPS) is 12.1. The molecule has 0 saturated carbocycles. The van der Waals surface area contributed by atoms with Crippen LogP contribution in [0.1, 0.15) is 18.0 Å². The lowest BCUT2D eigenvalue weighted by Crippen LogP contribution is -2.19. The Kier molecular flexibility index (Phi) is 3.99. The van der Waals surface area contributed by atoms with Gasteiger partial charge in [0, 0.05) is 0 Å². The van der Waals surface area contributed by atoms with Crippen LogP contribution in [0.5, 0.6) is 5.75 Å². The second kappa shape index (κ2) is 5.69. The Hall–Kier alpha value is -1.54. The highest BCUT2D eigenvalue weighted by Crippen LogP contribution is 2.18. The summed E-state index contributed by atoms with van der Waals surface area (Å²) in [5.74, 6) is 0.920. The van der Waals surface area contributed by atoms with Gasteiger partial charge in [-0.25, -0.2) is 0 Å². The Bertz CT molecular complexity index is 450. The van der Waals surface area contributed by atoms with E-state index in [0.717, 1.165) is 15.3 Å². The van der Waals surface area contributed by atoms with Gasteiger partial charge in [0.15, 0.2) is 0 Å². The predicted molar refractivity (Wildman–Crippen MR) is 73.2 cm³/mol. The second-order valence-electron chi connectivity index (χ2n) is 4.01. The zero-order valence-electron chi connectivity index (χ0n) is 10.2. The minimum atomic E-state index is 0.559. The maximum atomic E-state index is 5.17. The molecule has 0 N–H and O–H groups in total. The van der Waals surface area contributed by atoms with Crippen LogP contribution in [0.2, 0.25) is 0 Å². The van der Waals surface area contributed by atoms with E-state index in [0.29, 0.717) is 5.54 Å².